The molecule has 0 amide bonds. The van der Waals surface area contributed by atoms with Crippen LogP contribution in [-0.2, 0) is 5.33 Å². The molecular formula is C11H16BrNO. The van der Waals surface area contributed by atoms with Gasteiger partial charge in [-0.15, -0.1) is 0 Å². The van der Waals surface area contributed by atoms with Crippen molar-refractivity contribution in [2.75, 3.05) is 6.61 Å². The van der Waals surface area contributed by atoms with Crippen LogP contribution >= 0.6 is 15.9 Å². The monoisotopic (exact) mass is 257 g/mol. The number of rotatable bonds is 6. The van der Waals surface area contributed by atoms with Gasteiger partial charge in [0.1, 0.15) is 5.75 Å². The summed E-state index contributed by atoms with van der Waals surface area (Å²) in [5, 5.41) is 0.795. The molecule has 0 unspecified atom stereocenters. The lowest BCUT2D eigenvalue weighted by atomic mass is 10.3. The Hall–Kier alpha value is -0.570. The number of aromatic nitrogens is 1. The zero-order chi connectivity index (χ0) is 10.2. The molecule has 3 heteroatoms. The van der Waals surface area contributed by atoms with Crippen molar-refractivity contribution in [3.63, 3.8) is 0 Å². The fraction of sp³-hybridized carbons (Fsp3) is 0.545. The van der Waals surface area contributed by atoms with Crippen molar-refractivity contribution in [2.24, 2.45) is 0 Å². The molecule has 0 saturated carbocycles. The molecule has 78 valence electrons. The Balaban J connectivity index is 2.29. The summed E-state index contributed by atoms with van der Waals surface area (Å²) in [6.07, 6.45) is 5.36. The van der Waals surface area contributed by atoms with E-state index >= 15 is 0 Å². The summed E-state index contributed by atoms with van der Waals surface area (Å²) in [4.78, 5) is 4.22. The van der Waals surface area contributed by atoms with E-state index in [1.54, 1.807) is 6.20 Å². The molecule has 14 heavy (non-hydrogen) atoms. The number of hydrogen-bond acceptors (Lipinski definition) is 2. The number of halogens is 1. The third-order valence-corrected chi connectivity index (χ3v) is 2.53. The standard InChI is InChI=1S/C11H16BrNO/c1-2-3-4-7-14-11-6-5-10(8-12)13-9-11/h5-6,9H,2-4,7-8H2,1H3. The lowest BCUT2D eigenvalue weighted by molar-refractivity contribution is 0.305. The van der Waals surface area contributed by atoms with Crippen molar-refractivity contribution >= 4 is 15.9 Å². The summed E-state index contributed by atoms with van der Waals surface area (Å²) < 4.78 is 5.53. The maximum Gasteiger partial charge on any atom is 0.137 e. The number of hydrogen-bond donors (Lipinski definition) is 0. The smallest absolute Gasteiger partial charge is 0.137 e. The zero-order valence-corrected chi connectivity index (χ0v) is 10.1. The van der Waals surface area contributed by atoms with Gasteiger partial charge in [0, 0.05) is 5.33 Å². The van der Waals surface area contributed by atoms with Crippen LogP contribution in [0.5, 0.6) is 5.75 Å². The lowest BCUT2D eigenvalue weighted by Gasteiger charge is -2.05. The van der Waals surface area contributed by atoms with Gasteiger partial charge in [0.2, 0.25) is 0 Å². The van der Waals surface area contributed by atoms with Crippen LogP contribution in [0.2, 0.25) is 0 Å². The number of pyridine rings is 1. The van der Waals surface area contributed by atoms with Crippen LogP contribution in [0.1, 0.15) is 31.9 Å². The van der Waals surface area contributed by atoms with E-state index in [2.05, 4.69) is 27.8 Å². The van der Waals surface area contributed by atoms with Crippen LogP contribution in [0.4, 0.5) is 0 Å². The van der Waals surface area contributed by atoms with Crippen molar-refractivity contribution in [3.05, 3.63) is 24.0 Å². The number of unbranched alkanes of at least 4 members (excludes halogenated alkanes) is 2. The van der Waals surface area contributed by atoms with Crippen molar-refractivity contribution in [2.45, 2.75) is 31.5 Å². The van der Waals surface area contributed by atoms with Gasteiger partial charge < -0.3 is 4.74 Å². The van der Waals surface area contributed by atoms with Gasteiger partial charge in [-0.3, -0.25) is 4.98 Å². The quantitative estimate of drug-likeness (QED) is 0.575. The van der Waals surface area contributed by atoms with Gasteiger partial charge in [0.05, 0.1) is 18.5 Å². The van der Waals surface area contributed by atoms with Crippen LogP contribution in [0, 0.1) is 0 Å². The Morgan fingerprint density at radius 1 is 1.36 bits per heavy atom. The topological polar surface area (TPSA) is 22.1 Å². The second-order valence-corrected chi connectivity index (χ2v) is 3.74. The van der Waals surface area contributed by atoms with Crippen LogP contribution in [0.25, 0.3) is 0 Å². The van der Waals surface area contributed by atoms with Gasteiger partial charge in [-0.05, 0) is 18.6 Å². The minimum absolute atomic E-state index is 0.795. The molecule has 1 heterocycles. The van der Waals surface area contributed by atoms with Crippen LogP contribution in [0.15, 0.2) is 18.3 Å². The molecule has 0 radical (unpaired) electrons. The van der Waals surface area contributed by atoms with Gasteiger partial charge in [-0.2, -0.15) is 0 Å². The third kappa shape index (κ3) is 4.09. The first-order valence-corrected chi connectivity index (χ1v) is 6.12. The van der Waals surface area contributed by atoms with E-state index in [4.69, 9.17) is 4.74 Å². The number of ether oxygens (including phenoxy) is 1. The number of nitrogens with zero attached hydrogens (tertiary/aromatic N) is 1. The average Bonchev–Trinajstić information content (AvgIpc) is 2.25. The highest BCUT2D eigenvalue weighted by atomic mass is 79.9. The predicted octanol–water partition coefficient (Wildman–Crippen LogP) is 3.55. The molecule has 0 aliphatic heterocycles. The average molecular weight is 258 g/mol. The second kappa shape index (κ2) is 6.82. The molecule has 1 aromatic rings. The Labute approximate surface area is 93.8 Å². The maximum atomic E-state index is 5.53. The van der Waals surface area contributed by atoms with E-state index in [1.807, 2.05) is 12.1 Å². The Bertz CT molecular complexity index is 248. The Morgan fingerprint density at radius 2 is 2.21 bits per heavy atom. The summed E-state index contributed by atoms with van der Waals surface area (Å²) in [7, 11) is 0. The van der Waals surface area contributed by atoms with Crippen molar-refractivity contribution in [1.29, 1.82) is 0 Å². The summed E-state index contributed by atoms with van der Waals surface area (Å²) >= 11 is 3.35. The van der Waals surface area contributed by atoms with Gasteiger partial charge in [-0.1, -0.05) is 35.7 Å². The van der Waals surface area contributed by atoms with E-state index in [-0.39, 0.29) is 0 Å². The molecule has 0 aliphatic rings. The van der Waals surface area contributed by atoms with E-state index in [0.29, 0.717) is 0 Å². The van der Waals surface area contributed by atoms with Gasteiger partial charge in [0.15, 0.2) is 0 Å². The first-order chi connectivity index (χ1) is 6.86. The minimum atomic E-state index is 0.795. The van der Waals surface area contributed by atoms with Crippen LogP contribution in [-0.4, -0.2) is 11.6 Å². The second-order valence-electron chi connectivity index (χ2n) is 3.17. The Morgan fingerprint density at radius 3 is 2.79 bits per heavy atom. The molecule has 0 bridgehead atoms. The fourth-order valence-corrected chi connectivity index (χ4v) is 1.45. The molecule has 0 fully saturated rings. The summed E-state index contributed by atoms with van der Waals surface area (Å²) in [6, 6.07) is 3.94. The summed E-state index contributed by atoms with van der Waals surface area (Å²) in [5.41, 5.74) is 1.03. The summed E-state index contributed by atoms with van der Waals surface area (Å²) in [5.74, 6) is 0.866. The molecule has 0 spiro atoms. The first-order valence-electron chi connectivity index (χ1n) is 5.00. The van der Waals surface area contributed by atoms with E-state index in [1.165, 1.54) is 12.8 Å². The molecule has 0 aliphatic carbocycles. The molecular weight excluding hydrogens is 242 g/mol. The first kappa shape index (κ1) is 11.5. The van der Waals surface area contributed by atoms with Crippen molar-refractivity contribution in [3.8, 4) is 5.75 Å². The maximum absolute atomic E-state index is 5.53. The predicted molar refractivity (Wildman–Crippen MR) is 61.9 cm³/mol. The van der Waals surface area contributed by atoms with Gasteiger partial charge in [-0.25, -0.2) is 0 Å². The van der Waals surface area contributed by atoms with E-state index in [9.17, 15) is 0 Å². The largest absolute Gasteiger partial charge is 0.492 e. The molecule has 0 N–H and O–H groups in total. The lowest BCUT2D eigenvalue weighted by Crippen LogP contribution is -1.97. The Kier molecular flexibility index (Phi) is 5.60. The minimum Gasteiger partial charge on any atom is -0.492 e. The van der Waals surface area contributed by atoms with Crippen molar-refractivity contribution < 1.29 is 4.74 Å². The molecule has 2 nitrogen and oxygen atoms in total. The van der Waals surface area contributed by atoms with Gasteiger partial charge in [0.25, 0.3) is 0 Å². The zero-order valence-electron chi connectivity index (χ0n) is 8.50. The van der Waals surface area contributed by atoms with Crippen LogP contribution < -0.4 is 4.74 Å². The van der Waals surface area contributed by atoms with Gasteiger partial charge >= 0.3 is 0 Å². The molecule has 1 rings (SSSR count). The van der Waals surface area contributed by atoms with E-state index in [0.717, 1.165) is 29.8 Å². The highest BCUT2D eigenvalue weighted by molar-refractivity contribution is 9.08. The molecule has 1 aromatic heterocycles. The third-order valence-electron chi connectivity index (χ3n) is 1.95. The highest BCUT2D eigenvalue weighted by Gasteiger charge is 1.95. The van der Waals surface area contributed by atoms with Crippen LogP contribution in [0.3, 0.4) is 0 Å². The normalized spacial score (nSPS) is 10.1. The fourth-order valence-electron chi connectivity index (χ4n) is 1.12. The van der Waals surface area contributed by atoms with E-state index < -0.39 is 0 Å². The van der Waals surface area contributed by atoms with Crippen molar-refractivity contribution in [1.82, 2.24) is 4.98 Å². The SMILES string of the molecule is CCCCCOc1ccc(CBr)nc1. The summed E-state index contributed by atoms with van der Waals surface area (Å²) in [6.45, 7) is 2.98. The number of alkyl halides is 1. The highest BCUT2D eigenvalue weighted by Crippen LogP contribution is 2.11. The molecule has 0 atom stereocenters. The molecule has 0 saturated heterocycles. The molecule has 0 aromatic carbocycles.